The van der Waals surface area contributed by atoms with Gasteiger partial charge < -0.3 is 5.11 Å². The predicted molar refractivity (Wildman–Crippen MR) is 41.0 cm³/mol. The Hall–Kier alpha value is 1.11. The second-order valence-electron chi connectivity index (χ2n) is 2.56. The van der Waals surface area contributed by atoms with Gasteiger partial charge in [0.1, 0.15) is 0 Å². The van der Waals surface area contributed by atoms with Crippen LogP contribution in [0.1, 0.15) is 45.4 Å². The molecule has 0 saturated carbocycles. The molecule has 0 aliphatic rings. The molecule has 0 heterocycles. The summed E-state index contributed by atoms with van der Waals surface area (Å²) in [7, 11) is 0. The Morgan fingerprint density at radius 1 is 1.18 bits per heavy atom. The molecule has 0 atom stereocenters. The summed E-state index contributed by atoms with van der Waals surface area (Å²) in [6.45, 7) is 2.15. The van der Waals surface area contributed by atoms with Crippen LogP contribution in [0.3, 0.4) is 0 Å². The Morgan fingerprint density at radius 3 is 2.18 bits per heavy atom. The Balaban J connectivity index is 0. The standard InChI is InChI=1S/C8H16O2.K/c1-2-3-4-5-6-7-8(9)10;/h2-7H2,1H3,(H,9,10);/q;+1. The first-order valence-electron chi connectivity index (χ1n) is 3.99. The van der Waals surface area contributed by atoms with Crippen LogP contribution >= 0.6 is 0 Å². The van der Waals surface area contributed by atoms with E-state index in [9.17, 15) is 4.79 Å². The molecule has 2 nitrogen and oxygen atoms in total. The van der Waals surface area contributed by atoms with Crippen molar-refractivity contribution in [3.8, 4) is 0 Å². The largest absolute Gasteiger partial charge is 1.00 e. The molecule has 0 aromatic heterocycles. The van der Waals surface area contributed by atoms with Crippen LogP contribution in [-0.4, -0.2) is 11.1 Å². The van der Waals surface area contributed by atoms with E-state index in [0.717, 1.165) is 12.8 Å². The Morgan fingerprint density at radius 2 is 1.73 bits per heavy atom. The number of carboxylic acids is 1. The first kappa shape index (κ1) is 14.6. The SMILES string of the molecule is CCCCCCCC(=O)O.[K+]. The molecule has 0 aromatic rings. The zero-order valence-electron chi connectivity index (χ0n) is 7.60. The van der Waals surface area contributed by atoms with Crippen LogP contribution in [0.5, 0.6) is 0 Å². The fraction of sp³-hybridized carbons (Fsp3) is 0.875. The molecule has 3 heteroatoms. The Labute approximate surface area is 111 Å². The van der Waals surface area contributed by atoms with Gasteiger partial charge in [-0.1, -0.05) is 32.6 Å². The number of carbonyl (C=O) groups is 1. The molecule has 0 aliphatic carbocycles. The number of hydrogen-bond acceptors (Lipinski definition) is 1. The summed E-state index contributed by atoms with van der Waals surface area (Å²) in [4.78, 5) is 10.0. The normalized spacial score (nSPS) is 8.82. The smallest absolute Gasteiger partial charge is 0.481 e. The van der Waals surface area contributed by atoms with Crippen molar-refractivity contribution in [1.82, 2.24) is 0 Å². The van der Waals surface area contributed by atoms with Crippen LogP contribution in [0.2, 0.25) is 0 Å². The number of aliphatic carboxylic acids is 1. The molecule has 0 saturated heterocycles. The topological polar surface area (TPSA) is 37.3 Å². The molecule has 0 radical (unpaired) electrons. The van der Waals surface area contributed by atoms with Crippen LogP contribution in [0.15, 0.2) is 0 Å². The second-order valence-corrected chi connectivity index (χ2v) is 2.56. The second kappa shape index (κ2) is 11.1. The molecular weight excluding hydrogens is 167 g/mol. The molecule has 11 heavy (non-hydrogen) atoms. The molecule has 0 fully saturated rings. The van der Waals surface area contributed by atoms with Crippen molar-refractivity contribution in [2.75, 3.05) is 0 Å². The zero-order chi connectivity index (χ0) is 7.82. The fourth-order valence-corrected chi connectivity index (χ4v) is 0.880. The first-order valence-corrected chi connectivity index (χ1v) is 3.99. The van der Waals surface area contributed by atoms with Gasteiger partial charge in [0.25, 0.3) is 0 Å². The van der Waals surface area contributed by atoms with E-state index in [1.165, 1.54) is 19.3 Å². The third-order valence-corrected chi connectivity index (χ3v) is 1.49. The molecule has 0 bridgehead atoms. The van der Waals surface area contributed by atoms with Crippen LogP contribution in [0.25, 0.3) is 0 Å². The van der Waals surface area contributed by atoms with Crippen molar-refractivity contribution in [3.05, 3.63) is 0 Å². The van der Waals surface area contributed by atoms with Gasteiger partial charge in [-0.15, -0.1) is 0 Å². The monoisotopic (exact) mass is 183 g/mol. The van der Waals surface area contributed by atoms with Gasteiger partial charge in [0.05, 0.1) is 0 Å². The van der Waals surface area contributed by atoms with Gasteiger partial charge in [0.2, 0.25) is 0 Å². The van der Waals surface area contributed by atoms with Gasteiger partial charge in [-0.25, -0.2) is 0 Å². The number of hydrogen-bond donors (Lipinski definition) is 1. The molecule has 1 N–H and O–H groups in total. The summed E-state index contributed by atoms with van der Waals surface area (Å²) in [5.74, 6) is -0.670. The summed E-state index contributed by atoms with van der Waals surface area (Å²) in [6.07, 6.45) is 5.88. The molecule has 0 spiro atoms. The van der Waals surface area contributed by atoms with Crippen molar-refractivity contribution < 1.29 is 61.3 Å². The first-order chi connectivity index (χ1) is 4.77. The average Bonchev–Trinajstić information content (AvgIpc) is 1.87. The van der Waals surface area contributed by atoms with Crippen molar-refractivity contribution >= 4 is 5.97 Å². The molecular formula is C8H16KO2+. The van der Waals surface area contributed by atoms with Gasteiger partial charge in [-0.2, -0.15) is 0 Å². The van der Waals surface area contributed by atoms with Gasteiger partial charge in [0.15, 0.2) is 0 Å². The third kappa shape index (κ3) is 14.0. The van der Waals surface area contributed by atoms with Crippen molar-refractivity contribution in [2.24, 2.45) is 0 Å². The van der Waals surface area contributed by atoms with Gasteiger partial charge >= 0.3 is 57.4 Å². The molecule has 0 amide bonds. The fourth-order valence-electron chi connectivity index (χ4n) is 0.880. The van der Waals surface area contributed by atoms with E-state index in [-0.39, 0.29) is 51.4 Å². The molecule has 0 aliphatic heterocycles. The third-order valence-electron chi connectivity index (χ3n) is 1.49. The van der Waals surface area contributed by atoms with Gasteiger partial charge in [-0.3, -0.25) is 4.79 Å². The summed E-state index contributed by atoms with van der Waals surface area (Å²) >= 11 is 0. The van der Waals surface area contributed by atoms with Crippen molar-refractivity contribution in [3.63, 3.8) is 0 Å². The quantitative estimate of drug-likeness (QED) is 0.442. The number of unbranched alkanes of at least 4 members (excludes halogenated alkanes) is 4. The van der Waals surface area contributed by atoms with E-state index in [4.69, 9.17) is 5.11 Å². The molecule has 60 valence electrons. The average molecular weight is 183 g/mol. The molecule has 0 rings (SSSR count). The summed E-state index contributed by atoms with van der Waals surface area (Å²) in [6, 6.07) is 0. The Bertz CT molecular complexity index is 94.1. The van der Waals surface area contributed by atoms with E-state index >= 15 is 0 Å². The summed E-state index contributed by atoms with van der Waals surface area (Å²) in [5.41, 5.74) is 0. The maximum absolute atomic E-state index is 10.0. The van der Waals surface area contributed by atoms with E-state index in [0.29, 0.717) is 6.42 Å². The maximum Gasteiger partial charge on any atom is 1.00 e. The molecule has 0 aromatic carbocycles. The van der Waals surface area contributed by atoms with Crippen molar-refractivity contribution in [1.29, 1.82) is 0 Å². The van der Waals surface area contributed by atoms with E-state index in [1.54, 1.807) is 0 Å². The van der Waals surface area contributed by atoms with Crippen molar-refractivity contribution in [2.45, 2.75) is 45.4 Å². The van der Waals surface area contributed by atoms with Crippen LogP contribution in [0, 0.1) is 0 Å². The van der Waals surface area contributed by atoms with Crippen LogP contribution < -0.4 is 51.4 Å². The zero-order valence-corrected chi connectivity index (χ0v) is 10.7. The molecule has 0 unspecified atom stereocenters. The van der Waals surface area contributed by atoms with Gasteiger partial charge in [0, 0.05) is 6.42 Å². The van der Waals surface area contributed by atoms with E-state index < -0.39 is 5.97 Å². The van der Waals surface area contributed by atoms with Gasteiger partial charge in [-0.05, 0) is 6.42 Å². The predicted octanol–water partition coefficient (Wildman–Crippen LogP) is -0.564. The minimum absolute atomic E-state index is 0. The minimum atomic E-state index is -0.670. The van der Waals surface area contributed by atoms with E-state index in [1.807, 2.05) is 0 Å². The number of rotatable bonds is 6. The Kier molecular flexibility index (Phi) is 14.8. The van der Waals surface area contributed by atoms with E-state index in [2.05, 4.69) is 6.92 Å². The summed E-state index contributed by atoms with van der Waals surface area (Å²) < 4.78 is 0. The van der Waals surface area contributed by atoms with Crippen LogP contribution in [0.4, 0.5) is 0 Å². The maximum atomic E-state index is 10.0. The summed E-state index contributed by atoms with van der Waals surface area (Å²) in [5, 5.41) is 8.27. The van der Waals surface area contributed by atoms with Crippen LogP contribution in [-0.2, 0) is 4.79 Å². The number of carboxylic acid groups (broad SMARTS) is 1. The minimum Gasteiger partial charge on any atom is -0.481 e.